The second kappa shape index (κ2) is 8.97. The first-order chi connectivity index (χ1) is 12.6. The van der Waals surface area contributed by atoms with E-state index in [9.17, 15) is 0 Å². The largest absolute Gasteiger partial charge is 0.340 e. The minimum atomic E-state index is 0.722. The molecule has 0 aliphatic rings. The topological polar surface area (TPSA) is 15.3 Å². The number of nitrogens with zero attached hydrogens (tertiary/aromatic N) is 1. The summed E-state index contributed by atoms with van der Waals surface area (Å²) in [6, 6.07) is 26.9. The zero-order valence-electron chi connectivity index (χ0n) is 14.7. The quantitative estimate of drug-likeness (QED) is 0.493. The Balaban J connectivity index is 1.80. The molecule has 3 aromatic rings. The Kier molecular flexibility index (Phi) is 6.42. The van der Waals surface area contributed by atoms with Gasteiger partial charge in [-0.15, -0.1) is 0 Å². The molecule has 0 unspecified atom stereocenters. The molecule has 132 valence electrons. The lowest BCUT2D eigenvalue weighted by atomic mass is 10.1. The predicted octanol–water partition coefficient (Wildman–Crippen LogP) is 6.16. The van der Waals surface area contributed by atoms with E-state index in [1.54, 1.807) is 0 Å². The van der Waals surface area contributed by atoms with Crippen LogP contribution in [-0.4, -0.2) is 10.0 Å². The summed E-state index contributed by atoms with van der Waals surface area (Å²) in [4.78, 5) is 2.20. The molecule has 4 heteroatoms. The van der Waals surface area contributed by atoms with Gasteiger partial charge in [0.1, 0.15) is 0 Å². The van der Waals surface area contributed by atoms with Crippen molar-refractivity contribution in [2.75, 3.05) is 5.32 Å². The standard InChI is InChI=1S/C22H21BrN2S/c1-17-7-5-6-10-19(17)16-25(15-18-8-3-2-4-9-18)22(26)24-21-13-11-20(23)12-14-21/h2-14H,15-16H2,1H3,(H,24,26). The summed E-state index contributed by atoms with van der Waals surface area (Å²) in [5.74, 6) is 0. The molecule has 0 fully saturated rings. The molecular weight excluding hydrogens is 404 g/mol. The third-order valence-electron chi connectivity index (χ3n) is 4.22. The predicted molar refractivity (Wildman–Crippen MR) is 117 cm³/mol. The Morgan fingerprint density at radius 3 is 2.23 bits per heavy atom. The highest BCUT2D eigenvalue weighted by atomic mass is 79.9. The van der Waals surface area contributed by atoms with Gasteiger partial charge < -0.3 is 10.2 Å². The summed E-state index contributed by atoms with van der Waals surface area (Å²) < 4.78 is 1.05. The van der Waals surface area contributed by atoms with Gasteiger partial charge in [0.15, 0.2) is 5.11 Å². The molecule has 0 saturated heterocycles. The van der Waals surface area contributed by atoms with Crippen LogP contribution in [0.3, 0.4) is 0 Å². The number of benzene rings is 3. The molecule has 3 rings (SSSR count). The van der Waals surface area contributed by atoms with Crippen LogP contribution in [-0.2, 0) is 13.1 Å². The fraction of sp³-hybridized carbons (Fsp3) is 0.136. The van der Waals surface area contributed by atoms with Gasteiger partial charge in [-0.3, -0.25) is 0 Å². The van der Waals surface area contributed by atoms with Crippen LogP contribution in [0.1, 0.15) is 16.7 Å². The Morgan fingerprint density at radius 1 is 0.885 bits per heavy atom. The number of anilines is 1. The van der Waals surface area contributed by atoms with Crippen LogP contribution in [0.15, 0.2) is 83.3 Å². The molecule has 0 bridgehead atoms. The summed E-state index contributed by atoms with van der Waals surface area (Å²) in [5.41, 5.74) is 4.78. The highest BCUT2D eigenvalue weighted by molar-refractivity contribution is 9.10. The van der Waals surface area contributed by atoms with Gasteiger partial charge in [-0.2, -0.15) is 0 Å². The van der Waals surface area contributed by atoms with E-state index in [-0.39, 0.29) is 0 Å². The van der Waals surface area contributed by atoms with Gasteiger partial charge in [-0.05, 0) is 60.1 Å². The van der Waals surface area contributed by atoms with Crippen molar-refractivity contribution in [3.63, 3.8) is 0 Å². The molecule has 0 heterocycles. The second-order valence-corrected chi connectivity index (χ2v) is 7.51. The number of hydrogen-bond acceptors (Lipinski definition) is 1. The van der Waals surface area contributed by atoms with Gasteiger partial charge in [0.2, 0.25) is 0 Å². The van der Waals surface area contributed by atoms with Gasteiger partial charge in [0, 0.05) is 23.2 Å². The molecule has 0 spiro atoms. The zero-order valence-corrected chi connectivity index (χ0v) is 17.1. The molecule has 1 N–H and O–H groups in total. The smallest absolute Gasteiger partial charge is 0.174 e. The number of thiocarbonyl (C=S) groups is 1. The van der Waals surface area contributed by atoms with Gasteiger partial charge in [0.25, 0.3) is 0 Å². The van der Waals surface area contributed by atoms with Gasteiger partial charge >= 0.3 is 0 Å². The van der Waals surface area contributed by atoms with Crippen LogP contribution < -0.4 is 5.32 Å². The van der Waals surface area contributed by atoms with Crippen molar-refractivity contribution >= 4 is 38.9 Å². The molecule has 0 aromatic heterocycles. The van der Waals surface area contributed by atoms with Crippen molar-refractivity contribution in [2.24, 2.45) is 0 Å². The molecule has 0 aliphatic heterocycles. The highest BCUT2D eigenvalue weighted by Gasteiger charge is 2.13. The van der Waals surface area contributed by atoms with E-state index in [4.69, 9.17) is 12.2 Å². The summed E-state index contributed by atoms with van der Waals surface area (Å²) in [6.45, 7) is 3.67. The van der Waals surface area contributed by atoms with Crippen LogP contribution in [0, 0.1) is 6.92 Å². The number of aryl methyl sites for hydroxylation is 1. The Morgan fingerprint density at radius 2 is 1.54 bits per heavy atom. The van der Waals surface area contributed by atoms with Gasteiger partial charge in [-0.1, -0.05) is 70.5 Å². The maximum absolute atomic E-state index is 5.73. The summed E-state index contributed by atoms with van der Waals surface area (Å²) in [7, 11) is 0. The summed E-state index contributed by atoms with van der Waals surface area (Å²) >= 11 is 9.20. The van der Waals surface area contributed by atoms with Crippen molar-refractivity contribution < 1.29 is 0 Å². The van der Waals surface area contributed by atoms with Crippen molar-refractivity contribution in [3.8, 4) is 0 Å². The Hall–Kier alpha value is -2.17. The monoisotopic (exact) mass is 424 g/mol. The Bertz CT molecular complexity index is 863. The molecule has 0 aliphatic carbocycles. The average molecular weight is 425 g/mol. The van der Waals surface area contributed by atoms with Crippen LogP contribution in [0.5, 0.6) is 0 Å². The first-order valence-electron chi connectivity index (χ1n) is 8.52. The van der Waals surface area contributed by atoms with E-state index in [1.807, 2.05) is 30.3 Å². The number of nitrogens with one attached hydrogen (secondary N) is 1. The molecule has 0 atom stereocenters. The summed E-state index contributed by atoms with van der Waals surface area (Å²) in [5, 5.41) is 4.09. The van der Waals surface area contributed by atoms with E-state index in [0.717, 1.165) is 28.4 Å². The number of rotatable bonds is 5. The molecule has 0 radical (unpaired) electrons. The van der Waals surface area contributed by atoms with Crippen molar-refractivity contribution in [1.29, 1.82) is 0 Å². The molecule has 0 saturated carbocycles. The average Bonchev–Trinajstić information content (AvgIpc) is 2.65. The zero-order chi connectivity index (χ0) is 18.4. The molecule has 2 nitrogen and oxygen atoms in total. The van der Waals surface area contributed by atoms with Crippen LogP contribution in [0.25, 0.3) is 0 Å². The van der Waals surface area contributed by atoms with Crippen molar-refractivity contribution in [1.82, 2.24) is 4.90 Å². The normalized spacial score (nSPS) is 10.4. The van der Waals surface area contributed by atoms with Gasteiger partial charge in [-0.25, -0.2) is 0 Å². The third-order valence-corrected chi connectivity index (χ3v) is 5.11. The first kappa shape index (κ1) is 18.6. The SMILES string of the molecule is Cc1ccccc1CN(Cc1ccccc1)C(=S)Nc1ccc(Br)cc1. The van der Waals surface area contributed by atoms with E-state index >= 15 is 0 Å². The highest BCUT2D eigenvalue weighted by Crippen LogP contribution is 2.18. The fourth-order valence-corrected chi connectivity index (χ4v) is 3.24. The minimum Gasteiger partial charge on any atom is -0.340 e. The number of hydrogen-bond donors (Lipinski definition) is 1. The van der Waals surface area contributed by atoms with Crippen LogP contribution >= 0.6 is 28.1 Å². The molecular formula is C22H21BrN2S. The second-order valence-electron chi connectivity index (χ2n) is 6.21. The van der Waals surface area contributed by atoms with Crippen molar-refractivity contribution in [2.45, 2.75) is 20.0 Å². The van der Waals surface area contributed by atoms with E-state index in [0.29, 0.717) is 0 Å². The third kappa shape index (κ3) is 5.16. The first-order valence-corrected chi connectivity index (χ1v) is 9.72. The minimum absolute atomic E-state index is 0.722. The lowest BCUT2D eigenvalue weighted by Crippen LogP contribution is -2.34. The molecule has 0 amide bonds. The molecule has 26 heavy (non-hydrogen) atoms. The Labute approximate surface area is 169 Å². The van der Waals surface area contributed by atoms with Crippen molar-refractivity contribution in [3.05, 3.63) is 100 Å². The van der Waals surface area contributed by atoms with E-state index in [2.05, 4.69) is 81.6 Å². The number of halogens is 1. The lowest BCUT2D eigenvalue weighted by molar-refractivity contribution is 0.412. The fourth-order valence-electron chi connectivity index (χ4n) is 2.73. The van der Waals surface area contributed by atoms with Crippen LogP contribution in [0.2, 0.25) is 0 Å². The van der Waals surface area contributed by atoms with E-state index in [1.165, 1.54) is 16.7 Å². The molecule has 3 aromatic carbocycles. The lowest BCUT2D eigenvalue weighted by Gasteiger charge is -2.27. The summed E-state index contributed by atoms with van der Waals surface area (Å²) in [6.07, 6.45) is 0. The van der Waals surface area contributed by atoms with E-state index < -0.39 is 0 Å². The van der Waals surface area contributed by atoms with Crippen LogP contribution in [0.4, 0.5) is 5.69 Å². The maximum Gasteiger partial charge on any atom is 0.174 e. The van der Waals surface area contributed by atoms with Gasteiger partial charge in [0.05, 0.1) is 0 Å². The maximum atomic E-state index is 5.73.